The molecule has 0 radical (unpaired) electrons. The Morgan fingerprint density at radius 2 is 2.04 bits per heavy atom. The lowest BCUT2D eigenvalue weighted by atomic mass is 10.0. The monoisotopic (exact) mass is 402 g/mol. The second-order valence-corrected chi connectivity index (χ2v) is 8.32. The number of phenols is 1. The number of aromatic hydroxyl groups is 1. The smallest absolute Gasteiger partial charge is 0.212 e. The predicted molar refractivity (Wildman–Crippen MR) is 112 cm³/mol. The van der Waals surface area contributed by atoms with Crippen molar-refractivity contribution in [1.29, 1.82) is 0 Å². The molecule has 0 aliphatic heterocycles. The van der Waals surface area contributed by atoms with Gasteiger partial charge in [0.25, 0.3) is 0 Å². The number of benzene rings is 1. The third kappa shape index (κ3) is 4.61. The fraction of sp³-hybridized carbons (Fsp3) is 0.294. The van der Waals surface area contributed by atoms with Crippen LogP contribution in [-0.2, 0) is 10.0 Å². The van der Waals surface area contributed by atoms with Gasteiger partial charge in [-0.1, -0.05) is 12.1 Å². The van der Waals surface area contributed by atoms with Crippen molar-refractivity contribution >= 4 is 34.8 Å². The van der Waals surface area contributed by atoms with E-state index in [9.17, 15) is 13.5 Å². The van der Waals surface area contributed by atoms with E-state index in [2.05, 4.69) is 20.1 Å². The van der Waals surface area contributed by atoms with E-state index in [-0.39, 0.29) is 18.0 Å². The van der Waals surface area contributed by atoms with Crippen LogP contribution in [0.2, 0.25) is 0 Å². The third-order valence-electron chi connectivity index (χ3n) is 4.20. The largest absolute Gasteiger partial charge is 0.507 e. The van der Waals surface area contributed by atoms with Gasteiger partial charge in [-0.15, -0.1) is 0 Å². The Morgan fingerprint density at radius 1 is 1.25 bits per heavy atom. The van der Waals surface area contributed by atoms with E-state index < -0.39 is 10.0 Å². The van der Waals surface area contributed by atoms with Gasteiger partial charge in [-0.3, -0.25) is 0 Å². The first-order valence-electron chi connectivity index (χ1n) is 8.96. The first-order valence-corrected chi connectivity index (χ1v) is 10.6. The number of para-hydroxylation sites is 1. The molecule has 0 aliphatic carbocycles. The normalized spacial score (nSPS) is 11.8. The topological polar surface area (TPSA) is 135 Å². The molecule has 2 heterocycles. The summed E-state index contributed by atoms with van der Waals surface area (Å²) in [5.41, 5.74) is 8.14. The zero-order chi connectivity index (χ0) is 20.1. The standard InChI is InChI=1S/C17H23BN6O3S/c18-13-11-21-24-16(20-7-3-8-22-28(26,27)9-6-19)10-14(23-17(13)24)12-4-1-2-5-15(12)25/h1-2,4-5,10-11,20,22,25H,3,6-9,18-19H2. The van der Waals surface area contributed by atoms with Crippen molar-refractivity contribution in [2.75, 3.05) is 30.7 Å². The predicted octanol–water partition coefficient (Wildman–Crippen LogP) is -0.960. The molecular formula is C17H23BN6O3S. The van der Waals surface area contributed by atoms with Gasteiger partial charge in [-0.25, -0.2) is 18.1 Å². The van der Waals surface area contributed by atoms with Crippen molar-refractivity contribution < 1.29 is 13.5 Å². The van der Waals surface area contributed by atoms with Gasteiger partial charge < -0.3 is 16.2 Å². The van der Waals surface area contributed by atoms with Gasteiger partial charge in [0, 0.05) is 37.5 Å². The molecule has 11 heteroatoms. The van der Waals surface area contributed by atoms with Crippen molar-refractivity contribution in [2.24, 2.45) is 5.73 Å². The van der Waals surface area contributed by atoms with Crippen LogP contribution in [0.15, 0.2) is 36.5 Å². The zero-order valence-corrected chi connectivity index (χ0v) is 16.4. The number of nitrogens with two attached hydrogens (primary N) is 1. The van der Waals surface area contributed by atoms with E-state index >= 15 is 0 Å². The quantitative estimate of drug-likeness (QED) is 0.268. The lowest BCUT2D eigenvalue weighted by Gasteiger charge is -2.12. The number of sulfonamides is 1. The molecule has 0 unspecified atom stereocenters. The van der Waals surface area contributed by atoms with Crippen LogP contribution in [0.25, 0.3) is 16.9 Å². The lowest BCUT2D eigenvalue weighted by molar-refractivity contribution is 0.477. The molecule has 0 aliphatic rings. The number of anilines is 1. The molecule has 148 valence electrons. The number of phenolic OH excluding ortho intramolecular Hbond substituents is 1. The molecule has 5 N–H and O–H groups in total. The molecule has 0 spiro atoms. The minimum atomic E-state index is -3.31. The molecule has 3 rings (SSSR count). The maximum Gasteiger partial charge on any atom is 0.212 e. The minimum absolute atomic E-state index is 0.0815. The Bertz CT molecular complexity index is 1070. The first-order chi connectivity index (χ1) is 13.4. The summed E-state index contributed by atoms with van der Waals surface area (Å²) >= 11 is 0. The lowest BCUT2D eigenvalue weighted by Crippen LogP contribution is -2.31. The average molecular weight is 402 g/mol. The van der Waals surface area contributed by atoms with E-state index in [1.54, 1.807) is 28.9 Å². The highest BCUT2D eigenvalue weighted by Gasteiger charge is 2.13. The number of rotatable bonds is 9. The maximum atomic E-state index is 11.6. The molecule has 9 nitrogen and oxygen atoms in total. The summed E-state index contributed by atoms with van der Waals surface area (Å²) < 4.78 is 27.4. The summed E-state index contributed by atoms with van der Waals surface area (Å²) in [4.78, 5) is 4.62. The van der Waals surface area contributed by atoms with Gasteiger partial charge in [-0.2, -0.15) is 9.61 Å². The summed E-state index contributed by atoms with van der Waals surface area (Å²) in [6.07, 6.45) is 2.31. The van der Waals surface area contributed by atoms with Gasteiger partial charge >= 0.3 is 0 Å². The van der Waals surface area contributed by atoms with Crippen molar-refractivity contribution in [3.8, 4) is 17.0 Å². The average Bonchev–Trinajstić information content (AvgIpc) is 3.03. The molecule has 0 saturated carbocycles. The maximum absolute atomic E-state index is 11.6. The van der Waals surface area contributed by atoms with Crippen LogP contribution in [0.3, 0.4) is 0 Å². The molecule has 2 aromatic heterocycles. The second-order valence-electron chi connectivity index (χ2n) is 6.39. The molecule has 28 heavy (non-hydrogen) atoms. The molecule has 0 amide bonds. The molecule has 0 fully saturated rings. The summed E-state index contributed by atoms with van der Waals surface area (Å²) in [6, 6.07) is 8.82. The van der Waals surface area contributed by atoms with Crippen LogP contribution in [0.4, 0.5) is 5.82 Å². The summed E-state index contributed by atoms with van der Waals surface area (Å²) in [5.74, 6) is 0.778. The Kier molecular flexibility index (Phi) is 6.17. The molecule has 0 bridgehead atoms. The summed E-state index contributed by atoms with van der Waals surface area (Å²) in [7, 11) is -1.40. The van der Waals surface area contributed by atoms with Crippen LogP contribution in [-0.4, -0.2) is 61.4 Å². The number of fused-ring (bicyclic) bond motifs is 1. The van der Waals surface area contributed by atoms with Crippen molar-refractivity contribution in [3.63, 3.8) is 0 Å². The number of hydrogen-bond donors (Lipinski definition) is 4. The molecule has 0 saturated heterocycles. The van der Waals surface area contributed by atoms with E-state index in [0.29, 0.717) is 42.2 Å². The van der Waals surface area contributed by atoms with Gasteiger partial charge in [-0.05, 0) is 24.0 Å². The van der Waals surface area contributed by atoms with Crippen LogP contribution in [0, 0.1) is 0 Å². The molecule has 0 atom stereocenters. The molecule has 3 aromatic rings. The molecular weight excluding hydrogens is 379 g/mol. The van der Waals surface area contributed by atoms with Gasteiger partial charge in [0.15, 0.2) is 5.65 Å². The van der Waals surface area contributed by atoms with E-state index in [1.165, 1.54) is 0 Å². The highest BCUT2D eigenvalue weighted by molar-refractivity contribution is 7.89. The number of hydrogen-bond acceptors (Lipinski definition) is 7. The summed E-state index contributed by atoms with van der Waals surface area (Å²) in [6.45, 7) is 0.938. The van der Waals surface area contributed by atoms with Crippen molar-refractivity contribution in [2.45, 2.75) is 6.42 Å². The fourth-order valence-corrected chi connectivity index (χ4v) is 3.70. The summed E-state index contributed by atoms with van der Waals surface area (Å²) in [5, 5.41) is 17.8. The van der Waals surface area contributed by atoms with Crippen LogP contribution in [0.5, 0.6) is 5.75 Å². The van der Waals surface area contributed by atoms with E-state index in [0.717, 1.165) is 5.46 Å². The Labute approximate surface area is 164 Å². The fourth-order valence-electron chi connectivity index (χ4n) is 2.79. The number of nitrogens with zero attached hydrogens (tertiary/aromatic N) is 3. The Morgan fingerprint density at radius 3 is 2.79 bits per heavy atom. The van der Waals surface area contributed by atoms with E-state index in [4.69, 9.17) is 5.73 Å². The first kappa shape index (κ1) is 20.1. The number of aromatic nitrogens is 3. The Hall–Kier alpha value is -2.63. The second kappa shape index (κ2) is 8.59. The highest BCUT2D eigenvalue weighted by atomic mass is 32.2. The van der Waals surface area contributed by atoms with Crippen LogP contribution >= 0.6 is 0 Å². The van der Waals surface area contributed by atoms with E-state index in [1.807, 2.05) is 20.0 Å². The highest BCUT2D eigenvalue weighted by Crippen LogP contribution is 2.29. The van der Waals surface area contributed by atoms with Crippen LogP contribution < -0.4 is 21.2 Å². The zero-order valence-electron chi connectivity index (χ0n) is 15.6. The van der Waals surface area contributed by atoms with Gasteiger partial charge in [0.1, 0.15) is 19.4 Å². The Balaban J connectivity index is 1.76. The van der Waals surface area contributed by atoms with Crippen molar-refractivity contribution in [1.82, 2.24) is 19.3 Å². The van der Waals surface area contributed by atoms with Gasteiger partial charge in [0.2, 0.25) is 10.0 Å². The molecule has 1 aromatic carbocycles. The van der Waals surface area contributed by atoms with Crippen molar-refractivity contribution in [3.05, 3.63) is 36.5 Å². The number of nitrogens with one attached hydrogen (secondary N) is 2. The van der Waals surface area contributed by atoms with Crippen LogP contribution in [0.1, 0.15) is 6.42 Å². The third-order valence-corrected chi connectivity index (χ3v) is 5.61. The minimum Gasteiger partial charge on any atom is -0.507 e. The van der Waals surface area contributed by atoms with Gasteiger partial charge in [0.05, 0.1) is 11.4 Å². The SMILES string of the molecule is Bc1cnn2c(NCCCNS(=O)(=O)CCN)cc(-c3ccccc3O)nc12.